The maximum absolute atomic E-state index is 12.4. The van der Waals surface area contributed by atoms with Crippen LogP contribution in [0, 0.1) is 5.41 Å². The molecule has 0 radical (unpaired) electrons. The highest BCUT2D eigenvalue weighted by Gasteiger charge is 2.55. The summed E-state index contributed by atoms with van der Waals surface area (Å²) >= 11 is 0. The summed E-state index contributed by atoms with van der Waals surface area (Å²) in [6, 6.07) is 17.5. The molecule has 0 spiro atoms. The number of rotatable bonds is 8. The molecular weight excluding hydrogens is 456 g/mol. The van der Waals surface area contributed by atoms with E-state index in [1.165, 1.54) is 11.6 Å². The lowest BCUT2D eigenvalue weighted by Crippen LogP contribution is -2.63. The molecule has 1 fully saturated rings. The van der Waals surface area contributed by atoms with Crippen LogP contribution >= 0.6 is 0 Å². The van der Waals surface area contributed by atoms with Gasteiger partial charge in [-0.1, -0.05) is 68.4 Å². The number of nitrogens with zero attached hydrogens (tertiary/aromatic N) is 3. The van der Waals surface area contributed by atoms with E-state index in [-0.39, 0.29) is 11.0 Å². The van der Waals surface area contributed by atoms with Crippen LogP contribution in [0.3, 0.4) is 0 Å². The Morgan fingerprint density at radius 1 is 1.11 bits per heavy atom. The van der Waals surface area contributed by atoms with E-state index < -0.39 is 5.60 Å². The number of aromatic amines is 1. The number of aliphatic hydroxyl groups is 1. The number of aromatic nitrogens is 3. The molecule has 0 amide bonds. The van der Waals surface area contributed by atoms with Gasteiger partial charge in [0.2, 0.25) is 11.7 Å². The minimum Gasteiger partial charge on any atom is -0.384 e. The monoisotopic (exact) mass is 488 g/mol. The van der Waals surface area contributed by atoms with Gasteiger partial charge in [0.1, 0.15) is 11.4 Å². The standard InChI is InChI=1S/C28H32N4O4/c1-18(2)19-8-10-21(11-9-19)28(34,27(3)16-32(4)17-27)22-7-5-6-20(14-22)26-29-25(36-31-26)13-12-23-15-24(33)30-35-23/h5-11,14-15,18,34H,12-13,16-17H2,1-4H3,(H,30,33). The quantitative estimate of drug-likeness (QED) is 0.384. The van der Waals surface area contributed by atoms with E-state index in [4.69, 9.17) is 9.05 Å². The zero-order chi connectivity index (χ0) is 25.5. The predicted molar refractivity (Wildman–Crippen MR) is 136 cm³/mol. The first-order valence-corrected chi connectivity index (χ1v) is 12.3. The highest BCUT2D eigenvalue weighted by molar-refractivity contribution is 5.57. The molecule has 36 heavy (non-hydrogen) atoms. The summed E-state index contributed by atoms with van der Waals surface area (Å²) in [5, 5.41) is 18.9. The molecule has 2 aromatic carbocycles. The third-order valence-electron chi connectivity index (χ3n) is 7.27. The summed E-state index contributed by atoms with van der Waals surface area (Å²) in [5.41, 5.74) is 1.86. The van der Waals surface area contributed by atoms with Gasteiger partial charge in [0, 0.05) is 43.0 Å². The van der Waals surface area contributed by atoms with Crippen LogP contribution in [-0.4, -0.2) is 45.4 Å². The molecule has 1 unspecified atom stereocenters. The maximum Gasteiger partial charge on any atom is 0.280 e. The fraction of sp³-hybridized carbons (Fsp3) is 0.393. The van der Waals surface area contributed by atoms with Crippen molar-refractivity contribution in [3.63, 3.8) is 0 Å². The first-order valence-electron chi connectivity index (χ1n) is 12.3. The van der Waals surface area contributed by atoms with Crippen LogP contribution in [0.2, 0.25) is 0 Å². The molecule has 1 aliphatic heterocycles. The van der Waals surface area contributed by atoms with E-state index in [0.29, 0.717) is 36.2 Å². The highest BCUT2D eigenvalue weighted by Crippen LogP contribution is 2.50. The fourth-order valence-corrected chi connectivity index (χ4v) is 5.38. The molecule has 3 heterocycles. The van der Waals surface area contributed by atoms with Gasteiger partial charge in [0.15, 0.2) is 0 Å². The first kappa shape index (κ1) is 24.2. The molecule has 2 N–H and O–H groups in total. The number of hydrogen-bond acceptors (Lipinski definition) is 7. The molecule has 5 rings (SSSR count). The molecule has 4 aromatic rings. The molecular formula is C28H32N4O4. The summed E-state index contributed by atoms with van der Waals surface area (Å²) in [6.45, 7) is 8.03. The molecule has 0 saturated carbocycles. The second-order valence-corrected chi connectivity index (χ2v) is 10.5. The Morgan fingerprint density at radius 2 is 1.86 bits per heavy atom. The number of hydrogen-bond donors (Lipinski definition) is 2. The molecule has 8 nitrogen and oxygen atoms in total. The summed E-state index contributed by atoms with van der Waals surface area (Å²) in [4.78, 5) is 18.0. The molecule has 1 atom stereocenters. The number of H-pyrrole nitrogens is 1. The Morgan fingerprint density at radius 3 is 2.50 bits per heavy atom. The molecule has 1 aliphatic rings. The number of nitrogens with one attached hydrogen (secondary N) is 1. The zero-order valence-corrected chi connectivity index (χ0v) is 21.1. The van der Waals surface area contributed by atoms with Gasteiger partial charge in [-0.3, -0.25) is 4.79 Å². The van der Waals surface area contributed by atoms with Crippen molar-refractivity contribution in [1.29, 1.82) is 0 Å². The van der Waals surface area contributed by atoms with Crippen LogP contribution in [0.5, 0.6) is 0 Å². The van der Waals surface area contributed by atoms with Crippen LogP contribution in [0.1, 0.15) is 55.0 Å². The third kappa shape index (κ3) is 4.31. The van der Waals surface area contributed by atoms with Gasteiger partial charge in [-0.05, 0) is 35.7 Å². The van der Waals surface area contributed by atoms with Gasteiger partial charge in [0.25, 0.3) is 5.56 Å². The van der Waals surface area contributed by atoms with Crippen LogP contribution < -0.4 is 5.56 Å². The Labute approximate surface area is 209 Å². The van der Waals surface area contributed by atoms with Crippen molar-refractivity contribution in [1.82, 2.24) is 20.2 Å². The van der Waals surface area contributed by atoms with Crippen molar-refractivity contribution >= 4 is 0 Å². The van der Waals surface area contributed by atoms with E-state index in [2.05, 4.69) is 72.3 Å². The summed E-state index contributed by atoms with van der Waals surface area (Å²) in [6.07, 6.45) is 0.919. The SMILES string of the molecule is CC(C)c1ccc(C(O)(c2cccc(-c3noc(CCc4cc(=O)[nH]o4)n3)c2)C2(C)CN(C)C2)cc1. The molecule has 8 heteroatoms. The second-order valence-electron chi connectivity index (χ2n) is 10.5. The molecule has 0 aliphatic carbocycles. The van der Waals surface area contributed by atoms with Gasteiger partial charge in [-0.2, -0.15) is 10.1 Å². The molecule has 188 valence electrons. The van der Waals surface area contributed by atoms with E-state index >= 15 is 0 Å². The summed E-state index contributed by atoms with van der Waals surface area (Å²) in [5.74, 6) is 1.86. The van der Waals surface area contributed by atoms with Crippen LogP contribution in [-0.2, 0) is 18.4 Å². The lowest BCUT2D eigenvalue weighted by molar-refractivity contribution is -0.127. The van der Waals surface area contributed by atoms with E-state index in [0.717, 1.165) is 29.8 Å². The zero-order valence-electron chi connectivity index (χ0n) is 21.1. The smallest absolute Gasteiger partial charge is 0.280 e. The van der Waals surface area contributed by atoms with Crippen molar-refractivity contribution in [2.24, 2.45) is 5.41 Å². The first-order chi connectivity index (χ1) is 17.2. The van der Waals surface area contributed by atoms with Crippen LogP contribution in [0.15, 0.2) is 68.4 Å². The van der Waals surface area contributed by atoms with Gasteiger partial charge < -0.3 is 19.1 Å². The van der Waals surface area contributed by atoms with Crippen molar-refractivity contribution in [2.45, 2.75) is 45.1 Å². The van der Waals surface area contributed by atoms with Crippen molar-refractivity contribution in [3.8, 4) is 11.4 Å². The molecule has 1 saturated heterocycles. The Bertz CT molecular complexity index is 1400. The number of likely N-dealkylation sites (tertiary alicyclic amines) is 1. The van der Waals surface area contributed by atoms with E-state index in [1.807, 2.05) is 24.3 Å². The van der Waals surface area contributed by atoms with Gasteiger partial charge in [-0.15, -0.1) is 0 Å². The minimum absolute atomic E-state index is 0.272. The largest absolute Gasteiger partial charge is 0.384 e. The van der Waals surface area contributed by atoms with Crippen LogP contribution in [0.25, 0.3) is 11.4 Å². The Kier molecular flexibility index (Phi) is 6.18. The number of aryl methyl sites for hydroxylation is 2. The fourth-order valence-electron chi connectivity index (χ4n) is 5.38. The average Bonchev–Trinajstić information content (AvgIpc) is 3.50. The second kappa shape index (κ2) is 9.19. The van der Waals surface area contributed by atoms with E-state index in [9.17, 15) is 9.90 Å². The minimum atomic E-state index is -1.19. The van der Waals surface area contributed by atoms with Crippen molar-refractivity contribution in [3.05, 3.63) is 93.3 Å². The van der Waals surface area contributed by atoms with E-state index in [1.54, 1.807) is 0 Å². The molecule has 2 aromatic heterocycles. The molecule has 0 bridgehead atoms. The Hall–Kier alpha value is -3.49. The summed E-state index contributed by atoms with van der Waals surface area (Å²) < 4.78 is 10.5. The highest BCUT2D eigenvalue weighted by atomic mass is 16.5. The van der Waals surface area contributed by atoms with Crippen LogP contribution in [0.4, 0.5) is 0 Å². The average molecular weight is 489 g/mol. The summed E-state index contributed by atoms with van der Waals surface area (Å²) in [7, 11) is 2.07. The lowest BCUT2D eigenvalue weighted by atomic mass is 9.62. The van der Waals surface area contributed by atoms with Crippen molar-refractivity contribution < 1.29 is 14.2 Å². The Balaban J connectivity index is 1.46. The predicted octanol–water partition coefficient (Wildman–Crippen LogP) is 4.11. The number of benzene rings is 2. The topological polar surface area (TPSA) is 108 Å². The lowest BCUT2D eigenvalue weighted by Gasteiger charge is -2.56. The van der Waals surface area contributed by atoms with Gasteiger partial charge in [0.05, 0.1) is 0 Å². The van der Waals surface area contributed by atoms with Gasteiger partial charge >= 0.3 is 0 Å². The maximum atomic E-state index is 12.4. The third-order valence-corrected chi connectivity index (χ3v) is 7.27. The normalized spacial score (nSPS) is 17.2. The van der Waals surface area contributed by atoms with Crippen molar-refractivity contribution in [2.75, 3.05) is 20.1 Å². The van der Waals surface area contributed by atoms with Gasteiger partial charge in [-0.25, -0.2) is 0 Å².